The van der Waals surface area contributed by atoms with Crippen molar-refractivity contribution in [2.75, 3.05) is 6.61 Å². The van der Waals surface area contributed by atoms with Crippen molar-refractivity contribution in [3.05, 3.63) is 35.9 Å². The first-order valence-electron chi connectivity index (χ1n) is 7.36. The second-order valence-corrected chi connectivity index (χ2v) is 6.88. The fourth-order valence-electron chi connectivity index (χ4n) is 2.15. The van der Waals surface area contributed by atoms with Crippen molar-refractivity contribution in [1.82, 2.24) is 0 Å². The van der Waals surface area contributed by atoms with Crippen LogP contribution < -0.4 is 10.2 Å². The van der Waals surface area contributed by atoms with E-state index in [4.69, 9.17) is 14.0 Å². The third-order valence-corrected chi connectivity index (χ3v) is 4.15. The molecule has 1 aromatic rings. The lowest BCUT2D eigenvalue weighted by Crippen LogP contribution is -2.41. The molecule has 0 aromatic heterocycles. The average Bonchev–Trinajstić information content (AvgIpc) is 2.56. The van der Waals surface area contributed by atoms with Gasteiger partial charge in [0, 0.05) is 5.46 Å². The van der Waals surface area contributed by atoms with E-state index >= 15 is 0 Å². The number of hydrogen-bond donors (Lipinski definition) is 0. The van der Waals surface area contributed by atoms with Gasteiger partial charge in [0.15, 0.2) is 0 Å². The lowest BCUT2D eigenvalue weighted by atomic mass is 9.77. The fourth-order valence-corrected chi connectivity index (χ4v) is 2.15. The molecule has 0 radical (unpaired) electrons. The molecule has 1 aliphatic rings. The number of aryl methyl sites for hydroxylation is 1. The Morgan fingerprint density at radius 2 is 1.76 bits per heavy atom. The molecule has 1 fully saturated rings. The first kappa shape index (κ1) is 16.1. The first-order valence-corrected chi connectivity index (χ1v) is 7.36. The van der Waals surface area contributed by atoms with Gasteiger partial charge in [0.1, 0.15) is 12.4 Å². The molecule has 1 aromatic carbocycles. The predicted molar refractivity (Wildman–Crippen MR) is 87.2 cm³/mol. The molecule has 1 aliphatic heterocycles. The van der Waals surface area contributed by atoms with E-state index in [0.29, 0.717) is 6.61 Å². The second kappa shape index (κ2) is 5.50. The highest BCUT2D eigenvalue weighted by Crippen LogP contribution is 2.37. The van der Waals surface area contributed by atoms with E-state index in [1.807, 2.05) is 19.1 Å². The molecule has 21 heavy (non-hydrogen) atoms. The maximum atomic E-state index is 6.13. The monoisotopic (exact) mass is 288 g/mol. The van der Waals surface area contributed by atoms with E-state index in [-0.39, 0.29) is 11.2 Å². The Bertz CT molecular complexity index is 533. The van der Waals surface area contributed by atoms with Gasteiger partial charge in [-0.2, -0.15) is 0 Å². The van der Waals surface area contributed by atoms with Crippen LogP contribution in [0, 0.1) is 6.92 Å². The third kappa shape index (κ3) is 3.33. The van der Waals surface area contributed by atoms with Gasteiger partial charge >= 0.3 is 7.12 Å². The van der Waals surface area contributed by atoms with Crippen molar-refractivity contribution in [1.29, 1.82) is 0 Å². The summed E-state index contributed by atoms with van der Waals surface area (Å²) in [4.78, 5) is 0. The van der Waals surface area contributed by atoms with Gasteiger partial charge in [0.25, 0.3) is 0 Å². The van der Waals surface area contributed by atoms with E-state index in [9.17, 15) is 0 Å². The van der Waals surface area contributed by atoms with Gasteiger partial charge in [0.05, 0.1) is 11.2 Å². The van der Waals surface area contributed by atoms with Crippen molar-refractivity contribution in [3.63, 3.8) is 0 Å². The molecular weight excluding hydrogens is 263 g/mol. The van der Waals surface area contributed by atoms with E-state index in [2.05, 4.69) is 47.3 Å². The minimum atomic E-state index is -0.407. The first-order chi connectivity index (χ1) is 9.62. The van der Waals surface area contributed by atoms with Crippen molar-refractivity contribution < 1.29 is 14.0 Å². The van der Waals surface area contributed by atoms with Crippen molar-refractivity contribution in [2.24, 2.45) is 0 Å². The maximum Gasteiger partial charge on any atom is 0.498 e. The Kier molecular flexibility index (Phi) is 4.23. The third-order valence-electron chi connectivity index (χ3n) is 4.15. The zero-order valence-corrected chi connectivity index (χ0v) is 13.9. The van der Waals surface area contributed by atoms with Gasteiger partial charge in [-0.15, -0.1) is 0 Å². The van der Waals surface area contributed by atoms with E-state index < -0.39 is 7.12 Å². The average molecular weight is 288 g/mol. The minimum Gasteiger partial charge on any atom is -0.490 e. The molecule has 2 rings (SSSR count). The van der Waals surface area contributed by atoms with Gasteiger partial charge in [-0.1, -0.05) is 24.3 Å². The molecule has 0 amide bonds. The SMILES string of the molecule is C=C(C)COc1ccc(C)cc1B1OC(C)(C)C(C)(C)O1. The fraction of sp³-hybridized carbons (Fsp3) is 0.529. The van der Waals surface area contributed by atoms with Gasteiger partial charge in [-0.25, -0.2) is 0 Å². The van der Waals surface area contributed by atoms with Gasteiger partial charge in [0.2, 0.25) is 0 Å². The smallest absolute Gasteiger partial charge is 0.490 e. The summed E-state index contributed by atoms with van der Waals surface area (Å²) in [6.07, 6.45) is 0. The van der Waals surface area contributed by atoms with Crippen LogP contribution in [-0.4, -0.2) is 24.9 Å². The van der Waals surface area contributed by atoms with Crippen LogP contribution in [0.1, 0.15) is 40.2 Å². The second-order valence-electron chi connectivity index (χ2n) is 6.88. The Morgan fingerprint density at radius 3 is 2.29 bits per heavy atom. The lowest BCUT2D eigenvalue weighted by molar-refractivity contribution is 0.00578. The van der Waals surface area contributed by atoms with Crippen molar-refractivity contribution >= 4 is 12.6 Å². The Morgan fingerprint density at radius 1 is 1.19 bits per heavy atom. The maximum absolute atomic E-state index is 6.13. The normalized spacial score (nSPS) is 19.6. The van der Waals surface area contributed by atoms with E-state index in [1.54, 1.807) is 0 Å². The quantitative estimate of drug-likeness (QED) is 0.629. The van der Waals surface area contributed by atoms with Gasteiger partial charge in [-0.05, 0) is 53.2 Å². The summed E-state index contributed by atoms with van der Waals surface area (Å²) in [5.74, 6) is 0.794. The molecule has 0 atom stereocenters. The topological polar surface area (TPSA) is 27.7 Å². The molecule has 4 heteroatoms. The Hall–Kier alpha value is -1.26. The van der Waals surface area contributed by atoms with Crippen molar-refractivity contribution in [2.45, 2.75) is 52.7 Å². The largest absolute Gasteiger partial charge is 0.498 e. The molecular formula is C17H25BO3. The van der Waals surface area contributed by atoms with Crippen molar-refractivity contribution in [3.8, 4) is 5.75 Å². The van der Waals surface area contributed by atoms with Gasteiger partial charge < -0.3 is 14.0 Å². The van der Waals surface area contributed by atoms with Crippen LogP contribution in [0.15, 0.2) is 30.4 Å². The van der Waals surface area contributed by atoms with Crippen LogP contribution in [0.5, 0.6) is 5.75 Å². The summed E-state index contributed by atoms with van der Waals surface area (Å²) >= 11 is 0. The summed E-state index contributed by atoms with van der Waals surface area (Å²) in [7, 11) is -0.407. The van der Waals surface area contributed by atoms with E-state index in [1.165, 1.54) is 0 Å². The molecule has 3 nitrogen and oxygen atoms in total. The molecule has 0 aliphatic carbocycles. The summed E-state index contributed by atoms with van der Waals surface area (Å²) in [6, 6.07) is 6.07. The highest BCUT2D eigenvalue weighted by atomic mass is 16.7. The van der Waals surface area contributed by atoms with Crippen LogP contribution in [-0.2, 0) is 9.31 Å². The summed E-state index contributed by atoms with van der Waals surface area (Å²) in [5, 5.41) is 0. The molecule has 0 saturated carbocycles. The van der Waals surface area contributed by atoms with Crippen LogP contribution in [0.25, 0.3) is 0 Å². The zero-order chi connectivity index (χ0) is 15.8. The Balaban J connectivity index is 2.31. The highest BCUT2D eigenvalue weighted by Gasteiger charge is 2.52. The number of rotatable bonds is 4. The Labute approximate surface area is 128 Å². The van der Waals surface area contributed by atoms with Crippen LogP contribution >= 0.6 is 0 Å². The molecule has 1 saturated heterocycles. The summed E-state index contributed by atoms with van der Waals surface area (Å²) < 4.78 is 18.1. The van der Waals surface area contributed by atoms with Crippen LogP contribution in [0.2, 0.25) is 0 Å². The molecule has 0 spiro atoms. The van der Waals surface area contributed by atoms with Gasteiger partial charge in [-0.3, -0.25) is 0 Å². The predicted octanol–water partition coefficient (Wildman–Crippen LogP) is 3.25. The molecule has 0 bridgehead atoms. The molecule has 0 N–H and O–H groups in total. The number of ether oxygens (including phenoxy) is 1. The minimum absolute atomic E-state index is 0.354. The number of hydrogen-bond acceptors (Lipinski definition) is 3. The summed E-state index contributed by atoms with van der Waals surface area (Å²) in [6.45, 7) is 16.6. The molecule has 0 unspecified atom stereocenters. The lowest BCUT2D eigenvalue weighted by Gasteiger charge is -2.32. The standard InChI is InChI=1S/C17H25BO3/c1-12(2)11-19-15-9-8-13(3)10-14(15)18-20-16(4,5)17(6,7)21-18/h8-10H,1,11H2,2-7H3. The summed E-state index contributed by atoms with van der Waals surface area (Å²) in [5.41, 5.74) is 2.37. The highest BCUT2D eigenvalue weighted by molar-refractivity contribution is 6.63. The molecule has 1 heterocycles. The van der Waals surface area contributed by atoms with E-state index in [0.717, 1.165) is 22.3 Å². The molecule has 114 valence electrons. The number of benzene rings is 1. The van der Waals surface area contributed by atoms with Crippen LogP contribution in [0.3, 0.4) is 0 Å². The van der Waals surface area contributed by atoms with Crippen LogP contribution in [0.4, 0.5) is 0 Å². The zero-order valence-electron chi connectivity index (χ0n) is 13.9.